The van der Waals surface area contributed by atoms with Crippen molar-refractivity contribution >= 4 is 17.7 Å². The second-order valence-electron chi connectivity index (χ2n) is 4.27. The van der Waals surface area contributed by atoms with Crippen LogP contribution in [0, 0.1) is 0 Å². The molecule has 1 heterocycles. The zero-order chi connectivity index (χ0) is 15.1. The zero-order valence-corrected chi connectivity index (χ0v) is 11.2. The van der Waals surface area contributed by atoms with E-state index in [9.17, 15) is 9.59 Å². The Labute approximate surface area is 120 Å². The first-order chi connectivity index (χ1) is 10.2. The fraction of sp³-hybridized carbons (Fsp3) is 0.231. The van der Waals surface area contributed by atoms with Crippen molar-refractivity contribution in [2.75, 3.05) is 11.9 Å². The van der Waals surface area contributed by atoms with E-state index >= 15 is 0 Å². The first-order valence-corrected chi connectivity index (χ1v) is 6.38. The number of benzene rings is 1. The van der Waals surface area contributed by atoms with E-state index in [0.29, 0.717) is 19.4 Å². The maximum Gasteiger partial charge on any atom is 0.337 e. The average molecular weight is 289 g/mol. The van der Waals surface area contributed by atoms with E-state index < -0.39 is 12.0 Å². The van der Waals surface area contributed by atoms with Crippen molar-refractivity contribution < 1.29 is 14.7 Å². The first kappa shape index (κ1) is 14.5. The number of urea groups is 1. The number of aromatic nitrogens is 3. The fourth-order valence-corrected chi connectivity index (χ4v) is 1.75. The molecule has 8 nitrogen and oxygen atoms in total. The number of amides is 2. The zero-order valence-electron chi connectivity index (χ0n) is 11.2. The summed E-state index contributed by atoms with van der Waals surface area (Å²) in [4.78, 5) is 26.7. The van der Waals surface area contributed by atoms with Crippen LogP contribution in [0.2, 0.25) is 0 Å². The van der Waals surface area contributed by atoms with Crippen molar-refractivity contribution in [3.05, 3.63) is 42.0 Å². The summed E-state index contributed by atoms with van der Waals surface area (Å²) in [5.74, 6) is -0.329. The Bertz CT molecular complexity index is 612. The Balaban J connectivity index is 1.78. The molecule has 2 rings (SSSR count). The maximum atomic E-state index is 11.7. The summed E-state index contributed by atoms with van der Waals surface area (Å²) in [6.45, 7) is 0.446. The van der Waals surface area contributed by atoms with Crippen LogP contribution in [0.25, 0.3) is 0 Å². The molecule has 110 valence electrons. The number of H-pyrrole nitrogens is 1. The molecule has 0 aliphatic rings. The third-order valence-electron chi connectivity index (χ3n) is 2.75. The highest BCUT2D eigenvalue weighted by Gasteiger charge is 2.11. The molecule has 0 fully saturated rings. The highest BCUT2D eigenvalue weighted by molar-refractivity contribution is 5.99. The van der Waals surface area contributed by atoms with Gasteiger partial charge in [0.1, 0.15) is 12.2 Å². The lowest BCUT2D eigenvalue weighted by Crippen LogP contribution is -2.30. The summed E-state index contributed by atoms with van der Waals surface area (Å²) in [5.41, 5.74) is 0.312. The Kier molecular flexibility index (Phi) is 4.86. The molecule has 2 aromatic rings. The SMILES string of the molecule is O=C(NCCCc1ncn[nH]1)Nc1ccccc1C(=O)O. The third kappa shape index (κ3) is 4.30. The number of carbonyl (C=O) groups excluding carboxylic acids is 1. The van der Waals surface area contributed by atoms with Crippen molar-refractivity contribution in [3.63, 3.8) is 0 Å². The van der Waals surface area contributed by atoms with Crippen molar-refractivity contribution in [2.24, 2.45) is 0 Å². The quantitative estimate of drug-likeness (QED) is 0.597. The van der Waals surface area contributed by atoms with Gasteiger partial charge in [0, 0.05) is 13.0 Å². The molecule has 0 saturated heterocycles. The lowest BCUT2D eigenvalue weighted by molar-refractivity contribution is 0.0698. The molecule has 8 heteroatoms. The van der Waals surface area contributed by atoms with Crippen LogP contribution in [0.4, 0.5) is 10.5 Å². The molecule has 0 bridgehead atoms. The van der Waals surface area contributed by atoms with E-state index in [1.165, 1.54) is 18.5 Å². The third-order valence-corrected chi connectivity index (χ3v) is 2.75. The maximum absolute atomic E-state index is 11.7. The second-order valence-corrected chi connectivity index (χ2v) is 4.27. The van der Waals surface area contributed by atoms with E-state index in [-0.39, 0.29) is 11.3 Å². The minimum absolute atomic E-state index is 0.0503. The van der Waals surface area contributed by atoms with Crippen LogP contribution in [0.15, 0.2) is 30.6 Å². The van der Waals surface area contributed by atoms with Crippen molar-refractivity contribution in [1.82, 2.24) is 20.5 Å². The van der Waals surface area contributed by atoms with Crippen LogP contribution in [-0.4, -0.2) is 38.8 Å². The van der Waals surface area contributed by atoms with E-state index in [2.05, 4.69) is 25.8 Å². The molecule has 0 aliphatic carbocycles. The van der Waals surface area contributed by atoms with Gasteiger partial charge in [0.15, 0.2) is 0 Å². The number of rotatable bonds is 6. The summed E-state index contributed by atoms with van der Waals surface area (Å²) in [6, 6.07) is 5.79. The molecule has 4 N–H and O–H groups in total. The number of carboxylic acids is 1. The molecule has 0 aliphatic heterocycles. The summed E-state index contributed by atoms with van der Waals surface area (Å²) in [6.07, 6.45) is 2.80. The van der Waals surface area contributed by atoms with E-state index in [0.717, 1.165) is 5.82 Å². The number of hydrogen-bond acceptors (Lipinski definition) is 4. The minimum atomic E-state index is -1.09. The van der Waals surface area contributed by atoms with E-state index in [1.54, 1.807) is 12.1 Å². The smallest absolute Gasteiger partial charge is 0.337 e. The Hall–Kier alpha value is -2.90. The number of nitrogens with one attached hydrogen (secondary N) is 3. The van der Waals surface area contributed by atoms with Crippen LogP contribution in [0.3, 0.4) is 0 Å². The van der Waals surface area contributed by atoms with Crippen LogP contribution >= 0.6 is 0 Å². The van der Waals surface area contributed by atoms with Crippen LogP contribution in [-0.2, 0) is 6.42 Å². The van der Waals surface area contributed by atoms with Crippen LogP contribution < -0.4 is 10.6 Å². The van der Waals surface area contributed by atoms with Gasteiger partial charge >= 0.3 is 12.0 Å². The molecule has 0 spiro atoms. The largest absolute Gasteiger partial charge is 0.478 e. The summed E-state index contributed by atoms with van der Waals surface area (Å²) < 4.78 is 0. The molecule has 1 aromatic heterocycles. The Morgan fingerprint density at radius 3 is 2.81 bits per heavy atom. The van der Waals surface area contributed by atoms with Gasteiger partial charge in [-0.15, -0.1) is 0 Å². The molecule has 0 atom stereocenters. The van der Waals surface area contributed by atoms with Gasteiger partial charge in [-0.3, -0.25) is 5.10 Å². The highest BCUT2D eigenvalue weighted by Crippen LogP contribution is 2.14. The van der Waals surface area contributed by atoms with Gasteiger partial charge < -0.3 is 15.7 Å². The number of carbonyl (C=O) groups is 2. The highest BCUT2D eigenvalue weighted by atomic mass is 16.4. The number of aromatic amines is 1. The number of hydrogen-bond donors (Lipinski definition) is 4. The predicted octanol–water partition coefficient (Wildman–Crippen LogP) is 1.26. The molecule has 0 saturated carbocycles. The van der Waals surface area contributed by atoms with Gasteiger partial charge in [-0.25, -0.2) is 14.6 Å². The predicted molar refractivity (Wildman–Crippen MR) is 75.1 cm³/mol. The molecule has 1 aromatic carbocycles. The van der Waals surface area contributed by atoms with Crippen LogP contribution in [0.5, 0.6) is 0 Å². The topological polar surface area (TPSA) is 120 Å². The van der Waals surface area contributed by atoms with Crippen LogP contribution in [0.1, 0.15) is 22.6 Å². The lowest BCUT2D eigenvalue weighted by Gasteiger charge is -2.09. The second kappa shape index (κ2) is 7.04. The Morgan fingerprint density at radius 1 is 1.29 bits per heavy atom. The van der Waals surface area contributed by atoms with E-state index in [1.807, 2.05) is 0 Å². The van der Waals surface area contributed by atoms with Gasteiger partial charge in [-0.2, -0.15) is 5.10 Å². The molecule has 21 heavy (non-hydrogen) atoms. The van der Waals surface area contributed by atoms with Gasteiger partial charge in [0.25, 0.3) is 0 Å². The first-order valence-electron chi connectivity index (χ1n) is 6.38. The number of nitrogens with zero attached hydrogens (tertiary/aromatic N) is 2. The van der Waals surface area contributed by atoms with Crippen molar-refractivity contribution in [2.45, 2.75) is 12.8 Å². The molecule has 2 amide bonds. The summed E-state index contributed by atoms with van der Waals surface area (Å²) in [7, 11) is 0. The lowest BCUT2D eigenvalue weighted by atomic mass is 10.2. The van der Waals surface area contributed by atoms with Gasteiger partial charge in [0.05, 0.1) is 11.3 Å². The number of para-hydroxylation sites is 1. The normalized spacial score (nSPS) is 10.1. The summed E-state index contributed by atoms with van der Waals surface area (Å²) >= 11 is 0. The molecule has 0 radical (unpaired) electrons. The average Bonchev–Trinajstić information content (AvgIpc) is 2.97. The fourth-order valence-electron chi connectivity index (χ4n) is 1.75. The number of aryl methyl sites for hydroxylation is 1. The Morgan fingerprint density at radius 2 is 2.10 bits per heavy atom. The minimum Gasteiger partial charge on any atom is -0.478 e. The summed E-state index contributed by atoms with van der Waals surface area (Å²) in [5, 5.41) is 20.6. The monoisotopic (exact) mass is 289 g/mol. The standard InChI is InChI=1S/C13H15N5O3/c19-12(20)9-4-1-2-5-10(9)17-13(21)14-7-3-6-11-15-8-16-18-11/h1-2,4-5,8H,3,6-7H2,(H,19,20)(H2,14,17,21)(H,15,16,18). The number of anilines is 1. The van der Waals surface area contributed by atoms with E-state index in [4.69, 9.17) is 5.11 Å². The van der Waals surface area contributed by atoms with Crippen molar-refractivity contribution in [3.8, 4) is 0 Å². The van der Waals surface area contributed by atoms with Gasteiger partial charge in [-0.1, -0.05) is 12.1 Å². The molecule has 0 unspecified atom stereocenters. The molecular formula is C13H15N5O3. The van der Waals surface area contributed by atoms with Gasteiger partial charge in [0.2, 0.25) is 0 Å². The van der Waals surface area contributed by atoms with Gasteiger partial charge in [-0.05, 0) is 18.6 Å². The number of aromatic carboxylic acids is 1. The van der Waals surface area contributed by atoms with Crippen molar-refractivity contribution in [1.29, 1.82) is 0 Å². The number of carboxylic acid groups (broad SMARTS) is 1. The molecular weight excluding hydrogens is 274 g/mol.